The molecule has 0 aromatic carbocycles. The highest BCUT2D eigenvalue weighted by Gasteiger charge is 2.63. The van der Waals surface area contributed by atoms with E-state index in [4.69, 9.17) is 10.8 Å². The molecule has 4 aliphatic rings. The van der Waals surface area contributed by atoms with Crippen LogP contribution in [-0.2, 0) is 4.79 Å². The Morgan fingerprint density at radius 2 is 1.86 bits per heavy atom. The second-order valence-electron chi connectivity index (χ2n) is 11.4. The minimum atomic E-state index is -0.697. The fraction of sp³-hybridized carbons (Fsp3) is 0.958. The molecular weight excluding hydrogens is 350 g/mol. The molecule has 10 atom stereocenters. The van der Waals surface area contributed by atoms with Crippen LogP contribution in [0.4, 0.5) is 0 Å². The summed E-state index contributed by atoms with van der Waals surface area (Å²) in [5.41, 5.74) is 6.63. The van der Waals surface area contributed by atoms with Gasteiger partial charge in [-0.1, -0.05) is 20.8 Å². The lowest BCUT2D eigenvalue weighted by atomic mass is 9.43. The molecule has 4 unspecified atom stereocenters. The lowest BCUT2D eigenvalue weighted by Gasteiger charge is -2.62. The normalized spacial score (nSPS) is 51.7. The van der Waals surface area contributed by atoms with Gasteiger partial charge in [0.05, 0.1) is 6.10 Å². The van der Waals surface area contributed by atoms with Crippen molar-refractivity contribution < 1.29 is 15.0 Å². The van der Waals surface area contributed by atoms with Gasteiger partial charge in [-0.15, -0.1) is 0 Å². The van der Waals surface area contributed by atoms with Crippen molar-refractivity contribution in [2.75, 3.05) is 0 Å². The first-order valence-electron chi connectivity index (χ1n) is 11.8. The van der Waals surface area contributed by atoms with E-state index in [1.54, 1.807) is 0 Å². The van der Waals surface area contributed by atoms with Crippen LogP contribution < -0.4 is 5.73 Å². The number of hydrogen-bond acceptors (Lipinski definition) is 3. The molecule has 0 heterocycles. The minimum absolute atomic E-state index is 0.0344. The van der Waals surface area contributed by atoms with Gasteiger partial charge < -0.3 is 15.9 Å². The Morgan fingerprint density at radius 1 is 1.11 bits per heavy atom. The molecule has 4 fully saturated rings. The Morgan fingerprint density at radius 3 is 2.57 bits per heavy atom. The van der Waals surface area contributed by atoms with Crippen LogP contribution >= 0.6 is 0 Å². The topological polar surface area (TPSA) is 83.5 Å². The average Bonchev–Trinajstić information content (AvgIpc) is 3.00. The number of aliphatic hydroxyl groups is 1. The quantitative estimate of drug-likeness (QED) is 0.661. The van der Waals surface area contributed by atoms with E-state index in [9.17, 15) is 9.90 Å². The van der Waals surface area contributed by atoms with Gasteiger partial charge in [0.15, 0.2) is 0 Å². The molecule has 4 N–H and O–H groups in total. The first-order chi connectivity index (χ1) is 13.2. The molecule has 4 saturated carbocycles. The van der Waals surface area contributed by atoms with Crippen LogP contribution in [0.2, 0.25) is 0 Å². The summed E-state index contributed by atoms with van der Waals surface area (Å²) < 4.78 is 0. The SMILES string of the molecule is C[C@H](CCC(=O)O)C1CCC2C3CC[C@@H]4C[C@@H](N)CC[C@]4(C)C3C[C@H](O)[C@@]21C. The van der Waals surface area contributed by atoms with Crippen LogP contribution in [-0.4, -0.2) is 28.3 Å². The standard InChI is InChI=1S/C24H41NO3/c1-14(4-9-22(27)28)18-7-8-19-17-6-5-15-12-16(25)10-11-23(15,2)20(17)13-21(26)24(18,19)3/h14-21,26H,4-13,25H2,1-3H3,(H,27,28)/t14-,15-,16+,17?,18?,19?,20?,21+,23+,24-/m1/s1. The zero-order valence-electron chi connectivity index (χ0n) is 18.1. The highest BCUT2D eigenvalue weighted by molar-refractivity contribution is 5.66. The number of nitrogens with two attached hydrogens (primary N) is 1. The smallest absolute Gasteiger partial charge is 0.303 e. The van der Waals surface area contributed by atoms with Gasteiger partial charge in [0.25, 0.3) is 0 Å². The Hall–Kier alpha value is -0.610. The van der Waals surface area contributed by atoms with Crippen molar-refractivity contribution in [2.45, 2.75) is 97.1 Å². The summed E-state index contributed by atoms with van der Waals surface area (Å²) >= 11 is 0. The second kappa shape index (κ2) is 7.27. The number of fused-ring (bicyclic) bond motifs is 5. The molecule has 0 amide bonds. The minimum Gasteiger partial charge on any atom is -0.481 e. The Labute approximate surface area is 170 Å². The molecule has 0 aromatic rings. The first-order valence-corrected chi connectivity index (χ1v) is 11.8. The van der Waals surface area contributed by atoms with E-state index in [1.165, 1.54) is 32.1 Å². The van der Waals surface area contributed by atoms with Gasteiger partial charge >= 0.3 is 5.97 Å². The van der Waals surface area contributed by atoms with Gasteiger partial charge in [0, 0.05) is 12.5 Å². The monoisotopic (exact) mass is 391 g/mol. The summed E-state index contributed by atoms with van der Waals surface area (Å²) in [7, 11) is 0. The van der Waals surface area contributed by atoms with Gasteiger partial charge in [-0.25, -0.2) is 0 Å². The molecule has 0 bridgehead atoms. The van der Waals surface area contributed by atoms with Crippen LogP contribution in [0.3, 0.4) is 0 Å². The largest absolute Gasteiger partial charge is 0.481 e. The summed E-state index contributed by atoms with van der Waals surface area (Å²) in [6, 6.07) is 0.374. The summed E-state index contributed by atoms with van der Waals surface area (Å²) in [4.78, 5) is 11.1. The number of rotatable bonds is 4. The molecule has 0 spiro atoms. The van der Waals surface area contributed by atoms with E-state index in [1.807, 2.05) is 0 Å². The predicted octanol–water partition coefficient (Wildman–Crippen LogP) is 4.44. The Kier molecular flexibility index (Phi) is 5.36. The van der Waals surface area contributed by atoms with Gasteiger partial charge in [-0.2, -0.15) is 0 Å². The summed E-state index contributed by atoms with van der Waals surface area (Å²) in [6.07, 6.45) is 10.2. The molecule has 4 heteroatoms. The van der Waals surface area contributed by atoms with Crippen LogP contribution in [0.15, 0.2) is 0 Å². The van der Waals surface area contributed by atoms with E-state index in [0.717, 1.165) is 37.5 Å². The molecule has 4 aliphatic carbocycles. The average molecular weight is 392 g/mol. The van der Waals surface area contributed by atoms with Crippen LogP contribution in [0.5, 0.6) is 0 Å². The van der Waals surface area contributed by atoms with Gasteiger partial charge in [-0.3, -0.25) is 4.79 Å². The molecule has 0 radical (unpaired) electrons. The maximum absolute atomic E-state index is 11.5. The third-order valence-electron chi connectivity index (χ3n) is 10.4. The Bertz CT molecular complexity index is 609. The van der Waals surface area contributed by atoms with E-state index in [-0.39, 0.29) is 17.9 Å². The van der Waals surface area contributed by atoms with E-state index in [0.29, 0.717) is 35.1 Å². The van der Waals surface area contributed by atoms with Gasteiger partial charge in [0.1, 0.15) is 0 Å². The van der Waals surface area contributed by atoms with E-state index in [2.05, 4.69) is 20.8 Å². The molecule has 28 heavy (non-hydrogen) atoms. The number of aliphatic hydroxyl groups excluding tert-OH is 1. The van der Waals surface area contributed by atoms with Gasteiger partial charge in [-0.05, 0) is 104 Å². The van der Waals surface area contributed by atoms with Crippen molar-refractivity contribution in [3.05, 3.63) is 0 Å². The highest BCUT2D eigenvalue weighted by atomic mass is 16.4. The molecule has 0 aromatic heterocycles. The molecule has 4 nitrogen and oxygen atoms in total. The lowest BCUT2D eigenvalue weighted by Crippen LogP contribution is -2.59. The molecule has 0 aliphatic heterocycles. The van der Waals surface area contributed by atoms with Crippen molar-refractivity contribution in [2.24, 2.45) is 52.1 Å². The van der Waals surface area contributed by atoms with Crippen molar-refractivity contribution in [1.29, 1.82) is 0 Å². The van der Waals surface area contributed by atoms with Crippen molar-refractivity contribution >= 4 is 5.97 Å². The van der Waals surface area contributed by atoms with Crippen molar-refractivity contribution in [1.82, 2.24) is 0 Å². The predicted molar refractivity (Wildman–Crippen MR) is 111 cm³/mol. The number of carboxylic acids is 1. The summed E-state index contributed by atoms with van der Waals surface area (Å²) in [5.74, 6) is 2.85. The Balaban J connectivity index is 1.56. The molecule has 160 valence electrons. The van der Waals surface area contributed by atoms with E-state index < -0.39 is 5.97 Å². The summed E-state index contributed by atoms with van der Waals surface area (Å²) in [5, 5.41) is 20.6. The summed E-state index contributed by atoms with van der Waals surface area (Å²) in [6.45, 7) is 7.08. The number of carboxylic acid groups (broad SMARTS) is 1. The van der Waals surface area contributed by atoms with Crippen LogP contribution in [0, 0.1) is 46.3 Å². The fourth-order valence-electron chi connectivity index (χ4n) is 8.77. The van der Waals surface area contributed by atoms with Gasteiger partial charge in [0.2, 0.25) is 0 Å². The zero-order valence-corrected chi connectivity index (χ0v) is 18.1. The maximum Gasteiger partial charge on any atom is 0.303 e. The maximum atomic E-state index is 11.5. The third-order valence-corrected chi connectivity index (χ3v) is 10.4. The molecule has 0 saturated heterocycles. The van der Waals surface area contributed by atoms with Crippen molar-refractivity contribution in [3.8, 4) is 0 Å². The lowest BCUT2D eigenvalue weighted by molar-refractivity contribution is -0.169. The van der Waals surface area contributed by atoms with E-state index >= 15 is 0 Å². The fourth-order valence-corrected chi connectivity index (χ4v) is 8.77. The van der Waals surface area contributed by atoms with Crippen LogP contribution in [0.1, 0.15) is 85.0 Å². The number of carbonyl (C=O) groups is 1. The third kappa shape index (κ3) is 3.05. The first kappa shape index (κ1) is 20.7. The number of hydrogen-bond donors (Lipinski definition) is 3. The molecular formula is C24H41NO3. The van der Waals surface area contributed by atoms with Crippen molar-refractivity contribution in [3.63, 3.8) is 0 Å². The highest BCUT2D eigenvalue weighted by Crippen LogP contribution is 2.68. The molecule has 4 rings (SSSR count). The second-order valence-corrected chi connectivity index (χ2v) is 11.4. The van der Waals surface area contributed by atoms with Crippen LogP contribution in [0.25, 0.3) is 0 Å². The zero-order chi connectivity index (χ0) is 20.3. The number of aliphatic carboxylic acids is 1.